The molecule has 6 heteroatoms. The van der Waals surface area contributed by atoms with E-state index >= 15 is 0 Å². The highest BCUT2D eigenvalue weighted by molar-refractivity contribution is 5.71. The topological polar surface area (TPSA) is 78.9 Å². The van der Waals surface area contributed by atoms with Crippen LogP contribution in [0.15, 0.2) is 122 Å². The second-order valence-corrected chi connectivity index (χ2v) is 19.9. The third-order valence-corrected chi connectivity index (χ3v) is 12.7. The molecule has 0 saturated carbocycles. The molecule has 6 nitrogen and oxygen atoms in total. The fourth-order valence-corrected chi connectivity index (χ4v) is 8.12. The molecule has 0 bridgehead atoms. The highest BCUT2D eigenvalue weighted by atomic mass is 16.6. The molecular weight excluding hydrogens is 913 g/mol. The van der Waals surface area contributed by atoms with E-state index in [-0.39, 0.29) is 31.6 Å². The van der Waals surface area contributed by atoms with Crippen LogP contribution in [0.25, 0.3) is 0 Å². The molecule has 0 aliphatic rings. The average molecular weight is 1030 g/mol. The molecule has 0 aliphatic carbocycles. The van der Waals surface area contributed by atoms with Gasteiger partial charge in [0.25, 0.3) is 0 Å². The van der Waals surface area contributed by atoms with Crippen LogP contribution in [-0.2, 0) is 28.6 Å². The van der Waals surface area contributed by atoms with Crippen molar-refractivity contribution >= 4 is 17.9 Å². The summed E-state index contributed by atoms with van der Waals surface area (Å²) in [6.07, 6.45) is 84.9. The fraction of sp³-hybridized carbons (Fsp3) is 0.662. The maximum atomic E-state index is 12.8. The number of hydrogen-bond donors (Lipinski definition) is 0. The Morgan fingerprint density at radius 1 is 0.284 bits per heavy atom. The second kappa shape index (κ2) is 61.4. The monoisotopic (exact) mass is 1020 g/mol. The first-order valence-corrected chi connectivity index (χ1v) is 30.5. The summed E-state index contributed by atoms with van der Waals surface area (Å²) >= 11 is 0. The van der Waals surface area contributed by atoms with Crippen molar-refractivity contribution in [2.75, 3.05) is 13.2 Å². The molecule has 0 saturated heterocycles. The summed E-state index contributed by atoms with van der Waals surface area (Å²) in [4.78, 5) is 38.2. The molecule has 0 fully saturated rings. The number of esters is 3. The van der Waals surface area contributed by atoms with E-state index in [9.17, 15) is 14.4 Å². The van der Waals surface area contributed by atoms with Crippen LogP contribution in [0, 0.1) is 0 Å². The molecule has 74 heavy (non-hydrogen) atoms. The van der Waals surface area contributed by atoms with E-state index < -0.39 is 12.1 Å². The van der Waals surface area contributed by atoms with Crippen LogP contribution in [0.3, 0.4) is 0 Å². The number of unbranched alkanes of at least 4 members (excludes halogenated alkanes) is 23. The smallest absolute Gasteiger partial charge is 0.306 e. The van der Waals surface area contributed by atoms with Gasteiger partial charge in [-0.1, -0.05) is 251 Å². The average Bonchev–Trinajstić information content (AvgIpc) is 3.40. The van der Waals surface area contributed by atoms with Gasteiger partial charge in [0.05, 0.1) is 0 Å². The lowest BCUT2D eigenvalue weighted by Crippen LogP contribution is -2.30. The molecule has 1 unspecified atom stereocenters. The van der Waals surface area contributed by atoms with Crippen LogP contribution in [0.5, 0.6) is 0 Å². The van der Waals surface area contributed by atoms with E-state index in [4.69, 9.17) is 14.2 Å². The zero-order chi connectivity index (χ0) is 53.6. The lowest BCUT2D eigenvalue weighted by Gasteiger charge is -2.18. The van der Waals surface area contributed by atoms with Crippen molar-refractivity contribution in [1.82, 2.24) is 0 Å². The largest absolute Gasteiger partial charge is 0.462 e. The van der Waals surface area contributed by atoms with Crippen molar-refractivity contribution in [2.45, 2.75) is 277 Å². The van der Waals surface area contributed by atoms with E-state index in [2.05, 4.69) is 136 Å². The van der Waals surface area contributed by atoms with Crippen molar-refractivity contribution in [1.29, 1.82) is 0 Å². The number of hydrogen-bond acceptors (Lipinski definition) is 6. The van der Waals surface area contributed by atoms with Crippen molar-refractivity contribution in [3.63, 3.8) is 0 Å². The van der Waals surface area contributed by atoms with Crippen molar-refractivity contribution in [3.8, 4) is 0 Å². The maximum absolute atomic E-state index is 12.8. The van der Waals surface area contributed by atoms with Gasteiger partial charge >= 0.3 is 17.9 Å². The van der Waals surface area contributed by atoms with Gasteiger partial charge in [0.2, 0.25) is 0 Å². The number of allylic oxidation sites excluding steroid dienone is 20. The quantitative estimate of drug-likeness (QED) is 0.0261. The van der Waals surface area contributed by atoms with Gasteiger partial charge in [0, 0.05) is 19.3 Å². The Bertz CT molecular complexity index is 1550. The molecule has 0 spiro atoms. The Morgan fingerprint density at radius 2 is 0.554 bits per heavy atom. The molecule has 0 aromatic carbocycles. The Labute approximate surface area is 456 Å². The van der Waals surface area contributed by atoms with E-state index in [0.29, 0.717) is 19.3 Å². The van der Waals surface area contributed by atoms with Gasteiger partial charge in [-0.25, -0.2) is 0 Å². The minimum Gasteiger partial charge on any atom is -0.462 e. The zero-order valence-corrected chi connectivity index (χ0v) is 48.1. The highest BCUT2D eigenvalue weighted by Gasteiger charge is 2.19. The molecule has 0 radical (unpaired) electrons. The maximum Gasteiger partial charge on any atom is 0.306 e. The predicted molar refractivity (Wildman–Crippen MR) is 320 cm³/mol. The fourth-order valence-electron chi connectivity index (χ4n) is 8.12. The van der Waals surface area contributed by atoms with Crippen LogP contribution in [-0.4, -0.2) is 37.2 Å². The van der Waals surface area contributed by atoms with Crippen molar-refractivity contribution < 1.29 is 28.6 Å². The molecule has 0 amide bonds. The Kier molecular flexibility index (Phi) is 57.9. The van der Waals surface area contributed by atoms with Crippen molar-refractivity contribution in [2.24, 2.45) is 0 Å². The predicted octanol–water partition coefficient (Wildman–Crippen LogP) is 20.8. The molecule has 0 N–H and O–H groups in total. The Balaban J connectivity index is 4.49. The standard InChI is InChI=1S/C68H112O6/c1-4-7-10-13-16-19-22-25-28-30-32-33-34-35-37-38-40-43-46-49-52-55-58-61-67(70)73-64-65(63-72-66(69)60-57-54-51-48-45-42-27-24-21-18-15-12-9-6-3)74-68(71)62-59-56-53-50-47-44-41-39-36-31-29-26-23-20-17-14-11-8-5-2/h8,11,17,20,22,24-27,29-30,32,34-36,39,44,47,53,56,65H,4-7,9-10,12-16,18-19,21,23,28,31,33,37-38,40-43,45-46,48-52,54-55,57-64H2,1-3H3/b11-8-,20-17-,25-22-,27-24-,29-26-,32-30-,35-34-,39-36-,47-44-,56-53-. The summed E-state index contributed by atoms with van der Waals surface area (Å²) < 4.78 is 16.8. The number of rotatable bonds is 54. The number of carbonyl (C=O) groups excluding carboxylic acids is 3. The van der Waals surface area contributed by atoms with Gasteiger partial charge in [0.15, 0.2) is 6.10 Å². The minimum atomic E-state index is -0.829. The van der Waals surface area contributed by atoms with Gasteiger partial charge in [-0.3, -0.25) is 14.4 Å². The van der Waals surface area contributed by atoms with Gasteiger partial charge in [-0.15, -0.1) is 0 Å². The first-order chi connectivity index (χ1) is 36.5. The minimum absolute atomic E-state index is 0.117. The lowest BCUT2D eigenvalue weighted by atomic mass is 10.1. The first kappa shape index (κ1) is 69.8. The van der Waals surface area contributed by atoms with Gasteiger partial charge in [-0.2, -0.15) is 0 Å². The summed E-state index contributed by atoms with van der Waals surface area (Å²) in [7, 11) is 0. The highest BCUT2D eigenvalue weighted by Crippen LogP contribution is 2.14. The molecule has 420 valence electrons. The van der Waals surface area contributed by atoms with Crippen LogP contribution >= 0.6 is 0 Å². The van der Waals surface area contributed by atoms with Crippen LogP contribution < -0.4 is 0 Å². The molecule has 0 aliphatic heterocycles. The van der Waals surface area contributed by atoms with Gasteiger partial charge in [-0.05, 0) is 122 Å². The summed E-state index contributed by atoms with van der Waals surface area (Å²) in [5.41, 5.74) is 0. The Hall–Kier alpha value is -4.19. The molecule has 0 aromatic heterocycles. The number of ether oxygens (including phenoxy) is 3. The van der Waals surface area contributed by atoms with E-state index in [1.165, 1.54) is 116 Å². The molecular formula is C68H112O6. The van der Waals surface area contributed by atoms with E-state index in [1.807, 2.05) is 6.08 Å². The van der Waals surface area contributed by atoms with E-state index in [0.717, 1.165) is 109 Å². The van der Waals surface area contributed by atoms with Crippen molar-refractivity contribution in [3.05, 3.63) is 122 Å². The molecule has 1 atom stereocenters. The third kappa shape index (κ3) is 58.7. The third-order valence-electron chi connectivity index (χ3n) is 12.7. The molecule has 0 aromatic rings. The van der Waals surface area contributed by atoms with E-state index in [1.54, 1.807) is 0 Å². The second-order valence-electron chi connectivity index (χ2n) is 19.9. The zero-order valence-electron chi connectivity index (χ0n) is 48.1. The van der Waals surface area contributed by atoms with Gasteiger partial charge in [0.1, 0.15) is 13.2 Å². The SMILES string of the molecule is CC/C=C\C/C=C\C/C=C\C/C=C\C/C=C\C/C=C\CCC(=O)OC(COC(=O)CCCCCCC/C=C\CCCCCCC)COC(=O)CCCCCCCCCC/C=C\C/C=C\C/C=C\CCCCCCC. The van der Waals surface area contributed by atoms with Crippen LogP contribution in [0.2, 0.25) is 0 Å². The molecule has 0 heterocycles. The summed E-state index contributed by atoms with van der Waals surface area (Å²) in [6, 6.07) is 0. The summed E-state index contributed by atoms with van der Waals surface area (Å²) in [6.45, 7) is 6.43. The summed E-state index contributed by atoms with van der Waals surface area (Å²) in [5.74, 6) is -1.02. The normalized spacial score (nSPS) is 13.0. The van der Waals surface area contributed by atoms with Crippen LogP contribution in [0.4, 0.5) is 0 Å². The van der Waals surface area contributed by atoms with Gasteiger partial charge < -0.3 is 14.2 Å². The summed E-state index contributed by atoms with van der Waals surface area (Å²) in [5, 5.41) is 0. The number of carbonyl (C=O) groups is 3. The lowest BCUT2D eigenvalue weighted by molar-refractivity contribution is -0.166. The molecule has 0 rings (SSSR count). The Morgan fingerprint density at radius 3 is 0.892 bits per heavy atom. The first-order valence-electron chi connectivity index (χ1n) is 30.5. The van der Waals surface area contributed by atoms with Crippen LogP contribution in [0.1, 0.15) is 271 Å².